The normalized spacial score (nSPS) is 25.9. The van der Waals surface area contributed by atoms with Gasteiger partial charge in [0.25, 0.3) is 0 Å². The number of hydrogen-bond donors (Lipinski definition) is 1. The highest BCUT2D eigenvalue weighted by Gasteiger charge is 2.25. The van der Waals surface area contributed by atoms with E-state index in [2.05, 4.69) is 37.3 Å². The third kappa shape index (κ3) is 2.57. The van der Waals surface area contributed by atoms with Crippen molar-refractivity contribution in [3.8, 4) is 0 Å². The third-order valence-corrected chi connectivity index (χ3v) is 2.85. The minimum Gasteiger partial charge on any atom is -0.321 e. The fourth-order valence-corrected chi connectivity index (χ4v) is 1.98. The molecule has 0 spiro atoms. The van der Waals surface area contributed by atoms with E-state index in [9.17, 15) is 0 Å². The van der Waals surface area contributed by atoms with Crippen LogP contribution in [0.25, 0.3) is 6.08 Å². The molecule has 0 radical (unpaired) electrons. The van der Waals surface area contributed by atoms with E-state index in [4.69, 9.17) is 5.73 Å². The summed E-state index contributed by atoms with van der Waals surface area (Å²) in [7, 11) is 0. The van der Waals surface area contributed by atoms with Gasteiger partial charge in [0, 0.05) is 5.54 Å². The lowest BCUT2D eigenvalue weighted by molar-refractivity contribution is 0.566. The Balaban J connectivity index is 2.07. The summed E-state index contributed by atoms with van der Waals surface area (Å²) in [4.78, 5) is 0. The Labute approximate surface area is 91.3 Å². The topological polar surface area (TPSA) is 26.0 Å². The largest absolute Gasteiger partial charge is 0.321 e. The van der Waals surface area contributed by atoms with E-state index in [0.29, 0.717) is 0 Å². The SMILES string of the molecule is CC1=CCC(N)(/C=C/c2ccccc2)C1. The van der Waals surface area contributed by atoms with E-state index in [1.165, 1.54) is 11.1 Å². The zero-order chi connectivity index (χ0) is 10.7. The summed E-state index contributed by atoms with van der Waals surface area (Å²) >= 11 is 0. The quantitative estimate of drug-likeness (QED) is 0.727. The lowest BCUT2D eigenvalue weighted by atomic mass is 9.95. The van der Waals surface area contributed by atoms with Gasteiger partial charge in [-0.3, -0.25) is 0 Å². The molecule has 78 valence electrons. The van der Waals surface area contributed by atoms with Gasteiger partial charge in [-0.05, 0) is 25.3 Å². The van der Waals surface area contributed by atoms with Gasteiger partial charge in [-0.2, -0.15) is 0 Å². The molecule has 0 amide bonds. The maximum Gasteiger partial charge on any atom is 0.0414 e. The smallest absolute Gasteiger partial charge is 0.0414 e. The molecule has 0 fully saturated rings. The van der Waals surface area contributed by atoms with Crippen molar-refractivity contribution in [1.82, 2.24) is 0 Å². The van der Waals surface area contributed by atoms with Crippen molar-refractivity contribution in [2.45, 2.75) is 25.3 Å². The maximum absolute atomic E-state index is 6.26. The molecule has 1 aromatic carbocycles. The Morgan fingerprint density at radius 2 is 2.00 bits per heavy atom. The first-order chi connectivity index (χ1) is 7.18. The fourth-order valence-electron chi connectivity index (χ4n) is 1.98. The van der Waals surface area contributed by atoms with E-state index >= 15 is 0 Å². The summed E-state index contributed by atoms with van der Waals surface area (Å²) in [5.74, 6) is 0. The van der Waals surface area contributed by atoms with Crippen LogP contribution >= 0.6 is 0 Å². The molecule has 0 bridgehead atoms. The van der Waals surface area contributed by atoms with Gasteiger partial charge in [-0.15, -0.1) is 0 Å². The minimum atomic E-state index is -0.153. The van der Waals surface area contributed by atoms with E-state index in [1.807, 2.05) is 18.2 Å². The third-order valence-electron chi connectivity index (χ3n) is 2.85. The van der Waals surface area contributed by atoms with Crippen molar-refractivity contribution < 1.29 is 0 Å². The Morgan fingerprint density at radius 1 is 1.27 bits per heavy atom. The molecule has 1 aromatic rings. The summed E-state index contributed by atoms with van der Waals surface area (Å²) in [6, 6.07) is 10.3. The summed E-state index contributed by atoms with van der Waals surface area (Å²) in [5, 5.41) is 0. The standard InChI is InChI=1S/C14H17N/c1-12-7-9-14(15,11-12)10-8-13-5-3-2-4-6-13/h2-8,10H,9,11,15H2,1H3/b10-8+. The Morgan fingerprint density at radius 3 is 2.60 bits per heavy atom. The number of rotatable bonds is 2. The summed E-state index contributed by atoms with van der Waals surface area (Å²) in [6.07, 6.45) is 8.43. The molecule has 0 aliphatic heterocycles. The molecular weight excluding hydrogens is 182 g/mol. The van der Waals surface area contributed by atoms with E-state index in [0.717, 1.165) is 12.8 Å². The molecule has 0 saturated carbocycles. The maximum atomic E-state index is 6.26. The van der Waals surface area contributed by atoms with Crippen LogP contribution in [0.2, 0.25) is 0 Å². The zero-order valence-corrected chi connectivity index (χ0v) is 9.11. The average molecular weight is 199 g/mol. The Hall–Kier alpha value is -1.34. The highest BCUT2D eigenvalue weighted by molar-refractivity contribution is 5.51. The number of nitrogens with two attached hydrogens (primary N) is 1. The van der Waals surface area contributed by atoms with Crippen molar-refractivity contribution >= 4 is 6.08 Å². The number of hydrogen-bond acceptors (Lipinski definition) is 1. The van der Waals surface area contributed by atoms with Gasteiger partial charge in [0.05, 0.1) is 0 Å². The molecule has 1 heteroatoms. The first-order valence-electron chi connectivity index (χ1n) is 5.37. The van der Waals surface area contributed by atoms with E-state index < -0.39 is 0 Å². The molecule has 0 saturated heterocycles. The monoisotopic (exact) mass is 199 g/mol. The van der Waals surface area contributed by atoms with Crippen LogP contribution in [-0.4, -0.2) is 5.54 Å². The van der Waals surface area contributed by atoms with Crippen LogP contribution in [0.15, 0.2) is 48.1 Å². The molecule has 1 atom stereocenters. The fraction of sp³-hybridized carbons (Fsp3) is 0.286. The number of benzene rings is 1. The van der Waals surface area contributed by atoms with Gasteiger partial charge in [0.1, 0.15) is 0 Å². The highest BCUT2D eigenvalue weighted by atomic mass is 14.7. The highest BCUT2D eigenvalue weighted by Crippen LogP contribution is 2.28. The first-order valence-corrected chi connectivity index (χ1v) is 5.37. The molecule has 2 rings (SSSR count). The van der Waals surface area contributed by atoms with E-state index in [1.54, 1.807) is 0 Å². The lowest BCUT2D eigenvalue weighted by Crippen LogP contribution is -2.34. The van der Waals surface area contributed by atoms with Crippen molar-refractivity contribution in [2.75, 3.05) is 0 Å². The second-order valence-corrected chi connectivity index (χ2v) is 4.41. The lowest BCUT2D eigenvalue weighted by Gasteiger charge is -2.19. The van der Waals surface area contributed by atoms with Crippen molar-refractivity contribution in [3.05, 3.63) is 53.6 Å². The van der Waals surface area contributed by atoms with Crippen LogP contribution in [0.1, 0.15) is 25.3 Å². The van der Waals surface area contributed by atoms with Crippen LogP contribution in [0.5, 0.6) is 0 Å². The minimum absolute atomic E-state index is 0.153. The van der Waals surface area contributed by atoms with Crippen molar-refractivity contribution in [2.24, 2.45) is 5.73 Å². The van der Waals surface area contributed by atoms with Crippen LogP contribution < -0.4 is 5.73 Å². The molecule has 1 unspecified atom stereocenters. The van der Waals surface area contributed by atoms with Crippen LogP contribution in [-0.2, 0) is 0 Å². The van der Waals surface area contributed by atoms with Crippen LogP contribution in [0, 0.1) is 0 Å². The molecule has 1 aliphatic carbocycles. The second-order valence-electron chi connectivity index (χ2n) is 4.41. The average Bonchev–Trinajstić information content (AvgIpc) is 2.58. The summed E-state index contributed by atoms with van der Waals surface area (Å²) in [5.41, 5.74) is 8.72. The molecule has 15 heavy (non-hydrogen) atoms. The molecule has 2 N–H and O–H groups in total. The van der Waals surface area contributed by atoms with Crippen molar-refractivity contribution in [1.29, 1.82) is 0 Å². The van der Waals surface area contributed by atoms with Crippen LogP contribution in [0.4, 0.5) is 0 Å². The molecule has 0 aromatic heterocycles. The zero-order valence-electron chi connectivity index (χ0n) is 9.11. The van der Waals surface area contributed by atoms with Gasteiger partial charge in [-0.1, -0.05) is 54.1 Å². The van der Waals surface area contributed by atoms with E-state index in [-0.39, 0.29) is 5.54 Å². The molecule has 1 nitrogen and oxygen atoms in total. The van der Waals surface area contributed by atoms with Crippen LogP contribution in [0.3, 0.4) is 0 Å². The predicted molar refractivity (Wildman–Crippen MR) is 65.4 cm³/mol. The van der Waals surface area contributed by atoms with Gasteiger partial charge in [-0.25, -0.2) is 0 Å². The molecule has 1 aliphatic rings. The summed E-state index contributed by atoms with van der Waals surface area (Å²) in [6.45, 7) is 2.14. The predicted octanol–water partition coefficient (Wildman–Crippen LogP) is 3.14. The Kier molecular flexibility index (Phi) is 2.74. The Bertz CT molecular complexity index is 389. The van der Waals surface area contributed by atoms with Gasteiger partial charge >= 0.3 is 0 Å². The molecule has 0 heterocycles. The first kappa shape index (κ1) is 10.2. The second kappa shape index (κ2) is 4.03. The van der Waals surface area contributed by atoms with Gasteiger partial charge in [0.2, 0.25) is 0 Å². The van der Waals surface area contributed by atoms with Crippen molar-refractivity contribution in [3.63, 3.8) is 0 Å². The van der Waals surface area contributed by atoms with Gasteiger partial charge < -0.3 is 5.73 Å². The van der Waals surface area contributed by atoms with Gasteiger partial charge in [0.15, 0.2) is 0 Å². The molecular formula is C14H17N. The summed E-state index contributed by atoms with van der Waals surface area (Å²) < 4.78 is 0.